The van der Waals surface area contributed by atoms with Crippen molar-refractivity contribution < 1.29 is 4.74 Å². The summed E-state index contributed by atoms with van der Waals surface area (Å²) in [5, 5.41) is 1.89. The molecule has 1 atom stereocenters. The molecule has 1 aromatic rings. The Labute approximate surface area is 105 Å². The van der Waals surface area contributed by atoms with Crippen LogP contribution in [0.2, 0.25) is 0 Å². The molecule has 0 saturated heterocycles. The molecule has 2 rings (SSSR count). The van der Waals surface area contributed by atoms with Crippen molar-refractivity contribution in [1.29, 1.82) is 0 Å². The lowest BCUT2D eigenvalue weighted by Crippen LogP contribution is -2.34. The van der Waals surface area contributed by atoms with Crippen LogP contribution in [0, 0.1) is 0 Å². The van der Waals surface area contributed by atoms with Crippen molar-refractivity contribution >= 4 is 15.9 Å². The van der Waals surface area contributed by atoms with E-state index in [4.69, 9.17) is 10.6 Å². The molecule has 88 valence electrons. The third-order valence-electron chi connectivity index (χ3n) is 3.12. The predicted octanol–water partition coefficient (Wildman–Crippen LogP) is 2.29. The highest BCUT2D eigenvalue weighted by Gasteiger charge is 2.19. The van der Waals surface area contributed by atoms with Gasteiger partial charge in [-0.1, -0.05) is 6.92 Å². The Morgan fingerprint density at radius 2 is 2.25 bits per heavy atom. The summed E-state index contributed by atoms with van der Waals surface area (Å²) in [7, 11) is 1.70. The van der Waals surface area contributed by atoms with E-state index in [9.17, 15) is 0 Å². The average molecular weight is 285 g/mol. The summed E-state index contributed by atoms with van der Waals surface area (Å²) in [4.78, 5) is 0. The van der Waals surface area contributed by atoms with E-state index in [0.29, 0.717) is 5.92 Å². The van der Waals surface area contributed by atoms with E-state index >= 15 is 0 Å². The Hall–Kier alpha value is -0.580. The molecule has 0 saturated carbocycles. The van der Waals surface area contributed by atoms with Crippen molar-refractivity contribution in [1.82, 2.24) is 5.01 Å². The first kappa shape index (κ1) is 11.9. The topological polar surface area (TPSA) is 38.5 Å². The van der Waals surface area contributed by atoms with Gasteiger partial charge in [0.05, 0.1) is 11.6 Å². The van der Waals surface area contributed by atoms with Gasteiger partial charge in [-0.3, -0.25) is 5.84 Å². The van der Waals surface area contributed by atoms with Crippen LogP contribution < -0.4 is 10.6 Å². The van der Waals surface area contributed by atoms with Gasteiger partial charge in [-0.15, -0.1) is 0 Å². The molecule has 1 aliphatic heterocycles. The monoisotopic (exact) mass is 284 g/mol. The van der Waals surface area contributed by atoms with Gasteiger partial charge in [-0.25, -0.2) is 5.01 Å². The van der Waals surface area contributed by atoms with Crippen LogP contribution >= 0.6 is 15.9 Å². The minimum absolute atomic E-state index is 0.463. The largest absolute Gasteiger partial charge is 0.496 e. The number of fused-ring (bicyclic) bond motifs is 1. The second kappa shape index (κ2) is 4.73. The number of benzene rings is 1. The fraction of sp³-hybridized carbons (Fsp3) is 0.500. The summed E-state index contributed by atoms with van der Waals surface area (Å²) >= 11 is 3.53. The molecule has 0 amide bonds. The zero-order valence-corrected chi connectivity index (χ0v) is 11.3. The smallest absolute Gasteiger partial charge is 0.133 e. The third-order valence-corrected chi connectivity index (χ3v) is 3.74. The number of ether oxygens (including phenoxy) is 1. The zero-order chi connectivity index (χ0) is 11.7. The van der Waals surface area contributed by atoms with Crippen molar-refractivity contribution in [3.63, 3.8) is 0 Å². The second-order valence-corrected chi connectivity index (χ2v) is 5.19. The van der Waals surface area contributed by atoms with Crippen LogP contribution in [0.15, 0.2) is 16.6 Å². The van der Waals surface area contributed by atoms with E-state index in [2.05, 4.69) is 35.0 Å². The fourth-order valence-electron chi connectivity index (χ4n) is 2.25. The normalized spacial score (nSPS) is 21.4. The molecule has 16 heavy (non-hydrogen) atoms. The van der Waals surface area contributed by atoms with Crippen LogP contribution in [0.25, 0.3) is 0 Å². The van der Waals surface area contributed by atoms with Gasteiger partial charge in [-0.05, 0) is 51.5 Å². The molecule has 1 unspecified atom stereocenters. The minimum Gasteiger partial charge on any atom is -0.496 e. The molecule has 0 aromatic heterocycles. The molecule has 1 aromatic carbocycles. The summed E-state index contributed by atoms with van der Waals surface area (Å²) < 4.78 is 6.34. The first-order chi connectivity index (χ1) is 7.61. The highest BCUT2D eigenvalue weighted by atomic mass is 79.9. The third kappa shape index (κ3) is 2.24. The van der Waals surface area contributed by atoms with Gasteiger partial charge in [0.25, 0.3) is 0 Å². The number of hydrogen-bond acceptors (Lipinski definition) is 3. The summed E-state index contributed by atoms with van der Waals surface area (Å²) in [5.74, 6) is 7.27. The van der Waals surface area contributed by atoms with Crippen molar-refractivity contribution in [2.75, 3.05) is 20.2 Å². The Morgan fingerprint density at radius 3 is 2.94 bits per heavy atom. The van der Waals surface area contributed by atoms with Crippen LogP contribution in [-0.4, -0.2) is 25.2 Å². The molecular weight excluding hydrogens is 268 g/mol. The Morgan fingerprint density at radius 1 is 1.50 bits per heavy atom. The van der Waals surface area contributed by atoms with Crippen LogP contribution in [0.1, 0.15) is 24.0 Å². The van der Waals surface area contributed by atoms with Gasteiger partial charge in [-0.2, -0.15) is 0 Å². The number of hydrogen-bond donors (Lipinski definition) is 1. The van der Waals surface area contributed by atoms with E-state index in [1.165, 1.54) is 11.1 Å². The van der Waals surface area contributed by atoms with E-state index in [1.807, 2.05) is 5.01 Å². The van der Waals surface area contributed by atoms with E-state index in [-0.39, 0.29) is 0 Å². The number of rotatable bonds is 1. The molecule has 2 N–H and O–H groups in total. The number of nitrogens with zero attached hydrogens (tertiary/aromatic N) is 1. The number of methoxy groups -OCH3 is 1. The molecule has 4 heteroatoms. The van der Waals surface area contributed by atoms with Crippen LogP contribution in [0.4, 0.5) is 0 Å². The number of nitrogens with two attached hydrogens (primary N) is 1. The second-order valence-electron chi connectivity index (χ2n) is 4.33. The lowest BCUT2D eigenvalue weighted by Gasteiger charge is -2.17. The standard InChI is InChI=1S/C12H17BrN2O/c1-8-7-15(14)4-3-9-5-12(16-2)11(13)6-10(8)9/h5-6,8H,3-4,7,14H2,1-2H3. The zero-order valence-electron chi connectivity index (χ0n) is 9.66. The summed E-state index contributed by atoms with van der Waals surface area (Å²) in [6.45, 7) is 4.02. The Bertz CT molecular complexity index is 395. The van der Waals surface area contributed by atoms with Gasteiger partial charge < -0.3 is 4.74 Å². The van der Waals surface area contributed by atoms with Gasteiger partial charge >= 0.3 is 0 Å². The first-order valence-electron chi connectivity index (χ1n) is 5.47. The number of hydrazine groups is 1. The molecule has 0 aliphatic carbocycles. The summed E-state index contributed by atoms with van der Waals surface area (Å²) in [6.07, 6.45) is 0.986. The molecule has 3 nitrogen and oxygen atoms in total. The van der Waals surface area contributed by atoms with Crippen molar-refractivity contribution in [3.8, 4) is 5.75 Å². The van der Waals surface area contributed by atoms with E-state index in [1.54, 1.807) is 7.11 Å². The predicted molar refractivity (Wildman–Crippen MR) is 68.6 cm³/mol. The van der Waals surface area contributed by atoms with Crippen molar-refractivity contribution in [3.05, 3.63) is 27.7 Å². The van der Waals surface area contributed by atoms with Crippen molar-refractivity contribution in [2.24, 2.45) is 5.84 Å². The quantitative estimate of drug-likeness (QED) is 0.805. The van der Waals surface area contributed by atoms with Gasteiger partial charge in [0, 0.05) is 13.1 Å². The Balaban J connectivity index is 2.43. The lowest BCUT2D eigenvalue weighted by atomic mass is 9.95. The summed E-state index contributed by atoms with van der Waals surface area (Å²) in [5.41, 5.74) is 2.72. The maximum Gasteiger partial charge on any atom is 0.133 e. The summed E-state index contributed by atoms with van der Waals surface area (Å²) in [6, 6.07) is 4.28. The van der Waals surface area contributed by atoms with Crippen LogP contribution in [0.5, 0.6) is 5.75 Å². The fourth-order valence-corrected chi connectivity index (χ4v) is 2.77. The molecule has 0 spiro atoms. The van der Waals surface area contributed by atoms with Gasteiger partial charge in [0.1, 0.15) is 5.75 Å². The Kier molecular flexibility index (Phi) is 3.52. The molecule has 0 fully saturated rings. The molecule has 1 aliphatic rings. The van der Waals surface area contributed by atoms with Crippen LogP contribution in [0.3, 0.4) is 0 Å². The molecular formula is C12H17BrN2O. The highest BCUT2D eigenvalue weighted by molar-refractivity contribution is 9.10. The van der Waals surface area contributed by atoms with Gasteiger partial charge in [0.15, 0.2) is 0 Å². The average Bonchev–Trinajstić information content (AvgIpc) is 2.38. The first-order valence-corrected chi connectivity index (χ1v) is 6.27. The molecule has 1 heterocycles. The van der Waals surface area contributed by atoms with Gasteiger partial charge in [0.2, 0.25) is 0 Å². The van der Waals surface area contributed by atoms with E-state index in [0.717, 1.165) is 29.7 Å². The minimum atomic E-state index is 0.463. The maximum atomic E-state index is 5.90. The highest BCUT2D eigenvalue weighted by Crippen LogP contribution is 2.33. The van der Waals surface area contributed by atoms with E-state index < -0.39 is 0 Å². The lowest BCUT2D eigenvalue weighted by molar-refractivity contribution is 0.281. The molecule has 0 bridgehead atoms. The maximum absolute atomic E-state index is 5.90. The molecule has 0 radical (unpaired) electrons. The SMILES string of the molecule is COc1cc2c(cc1Br)C(C)CN(N)CC2. The number of halogens is 1. The van der Waals surface area contributed by atoms with Crippen molar-refractivity contribution in [2.45, 2.75) is 19.3 Å². The van der Waals surface area contributed by atoms with Crippen LogP contribution in [-0.2, 0) is 6.42 Å².